The van der Waals surface area contributed by atoms with E-state index in [9.17, 15) is 24.4 Å². The highest BCUT2D eigenvalue weighted by Gasteiger charge is 2.54. The highest BCUT2D eigenvalue weighted by Crippen LogP contribution is 2.40. The Morgan fingerprint density at radius 2 is 2.13 bits per heavy atom. The molecular weight excluding hydrogens is 438 g/mol. The second kappa shape index (κ2) is 8.50. The third kappa shape index (κ3) is 4.23. The van der Waals surface area contributed by atoms with Gasteiger partial charge in [0.1, 0.15) is 18.0 Å². The topological polar surface area (TPSA) is 212 Å². The van der Waals surface area contributed by atoms with Gasteiger partial charge in [-0.05, 0) is 0 Å². The molecule has 1 fully saturated rings. The van der Waals surface area contributed by atoms with E-state index >= 15 is 0 Å². The van der Waals surface area contributed by atoms with E-state index in [1.807, 2.05) is 0 Å². The molecule has 16 heteroatoms. The molecule has 3 rings (SSSR count). The molecule has 1 aromatic heterocycles. The van der Waals surface area contributed by atoms with Crippen molar-refractivity contribution in [2.45, 2.75) is 18.3 Å². The van der Waals surface area contributed by atoms with Gasteiger partial charge in [0.05, 0.1) is 0 Å². The summed E-state index contributed by atoms with van der Waals surface area (Å²) in [4.78, 5) is 52.1. The van der Waals surface area contributed by atoms with Crippen LogP contribution in [0.15, 0.2) is 16.6 Å². The van der Waals surface area contributed by atoms with E-state index in [0.717, 1.165) is 9.58 Å². The lowest BCUT2D eigenvalue weighted by molar-refractivity contribution is -0.148. The number of anilines is 1. The Kier molecular flexibility index (Phi) is 6.00. The number of carboxylic acid groups (broad SMARTS) is 1. The molecule has 31 heavy (non-hydrogen) atoms. The van der Waals surface area contributed by atoms with Crippen LogP contribution in [0.5, 0.6) is 0 Å². The van der Waals surface area contributed by atoms with Crippen LogP contribution in [0.2, 0.25) is 0 Å². The molecule has 1 saturated heterocycles. The van der Waals surface area contributed by atoms with E-state index in [2.05, 4.69) is 20.6 Å². The first-order valence-electron chi connectivity index (χ1n) is 8.54. The highest BCUT2D eigenvalue weighted by atomic mass is 32.2. The molecule has 15 nitrogen and oxygen atoms in total. The van der Waals surface area contributed by atoms with Crippen LogP contribution in [0, 0.1) is 0 Å². The first kappa shape index (κ1) is 21.9. The van der Waals surface area contributed by atoms with E-state index in [1.165, 1.54) is 25.7 Å². The molecule has 0 aromatic carbocycles. The second-order valence-electron chi connectivity index (χ2n) is 6.28. The molecule has 0 radical (unpaired) electrons. The quantitative estimate of drug-likeness (QED) is 0.126. The lowest BCUT2D eigenvalue weighted by Gasteiger charge is -2.49. The maximum Gasteiger partial charge on any atom is 0.512 e. The molecule has 3 heterocycles. The van der Waals surface area contributed by atoms with Gasteiger partial charge in [0, 0.05) is 25.3 Å². The number of esters is 1. The molecule has 2 aliphatic rings. The number of amides is 2. The van der Waals surface area contributed by atoms with Gasteiger partial charge in [-0.15, -0.1) is 16.9 Å². The molecule has 0 aliphatic carbocycles. The lowest BCUT2D eigenvalue weighted by Crippen LogP contribution is -2.70. The summed E-state index contributed by atoms with van der Waals surface area (Å²) in [6.07, 6.45) is -1.66. The fraction of sp³-hybridized carbons (Fsp3) is 0.400. The molecule has 0 bridgehead atoms. The number of hydrogen-bond acceptors (Lipinski definition) is 12. The molecular formula is C15H17N7O8S. The van der Waals surface area contributed by atoms with Crippen LogP contribution in [0.4, 0.5) is 10.7 Å². The SMILES string of the molecule is CC(=O)OCC1=C(OC(=O)O)N2C(=O)[C@@H](NC(=O)C(=NO)c3nc(N)n(C)n3)[C@@H]2SC1. The Morgan fingerprint density at radius 1 is 1.42 bits per heavy atom. The Hall–Kier alpha value is -3.82. The monoisotopic (exact) mass is 455 g/mol. The Morgan fingerprint density at radius 3 is 2.68 bits per heavy atom. The zero-order valence-electron chi connectivity index (χ0n) is 16.1. The van der Waals surface area contributed by atoms with Crippen molar-refractivity contribution in [2.75, 3.05) is 18.1 Å². The van der Waals surface area contributed by atoms with Crippen LogP contribution in [0.25, 0.3) is 0 Å². The summed E-state index contributed by atoms with van der Waals surface area (Å²) in [5.41, 5.74) is 5.27. The predicted octanol–water partition coefficient (Wildman–Crippen LogP) is -1.56. The predicted molar refractivity (Wildman–Crippen MR) is 102 cm³/mol. The van der Waals surface area contributed by atoms with Gasteiger partial charge in [-0.3, -0.25) is 19.3 Å². The van der Waals surface area contributed by atoms with Crippen LogP contribution in [0.1, 0.15) is 12.7 Å². The Labute approximate surface area is 177 Å². The van der Waals surface area contributed by atoms with Crippen LogP contribution in [0.3, 0.4) is 0 Å². The van der Waals surface area contributed by atoms with E-state index in [0.29, 0.717) is 0 Å². The van der Waals surface area contributed by atoms with Gasteiger partial charge in [0.15, 0.2) is 0 Å². The molecule has 5 N–H and O–H groups in total. The molecule has 0 saturated carbocycles. The number of carbonyl (C=O) groups excluding carboxylic acids is 3. The number of oxime groups is 1. The number of nitrogen functional groups attached to an aromatic ring is 1. The second-order valence-corrected chi connectivity index (χ2v) is 7.39. The van der Waals surface area contributed by atoms with Gasteiger partial charge < -0.3 is 30.8 Å². The Bertz CT molecular complexity index is 1000. The number of nitrogens with zero attached hydrogens (tertiary/aromatic N) is 5. The third-order valence-corrected chi connectivity index (χ3v) is 5.58. The van der Waals surface area contributed by atoms with Crippen molar-refractivity contribution < 1.29 is 39.0 Å². The number of nitrogens with two attached hydrogens (primary N) is 1. The van der Waals surface area contributed by atoms with Crippen molar-refractivity contribution in [3.8, 4) is 0 Å². The zero-order chi connectivity index (χ0) is 22.9. The summed E-state index contributed by atoms with van der Waals surface area (Å²) in [6.45, 7) is 0.925. The summed E-state index contributed by atoms with van der Waals surface area (Å²) in [7, 11) is 1.47. The minimum atomic E-state index is -1.66. The number of fused-ring (bicyclic) bond motifs is 1. The van der Waals surface area contributed by atoms with Crippen molar-refractivity contribution in [1.29, 1.82) is 0 Å². The molecule has 0 spiro atoms. The van der Waals surface area contributed by atoms with Crippen molar-refractivity contribution in [3.63, 3.8) is 0 Å². The number of nitrogens with one attached hydrogen (secondary N) is 1. The summed E-state index contributed by atoms with van der Waals surface area (Å²) >= 11 is 1.19. The zero-order valence-corrected chi connectivity index (χ0v) is 17.0. The van der Waals surface area contributed by atoms with Crippen molar-refractivity contribution >= 4 is 47.4 Å². The first-order chi connectivity index (χ1) is 14.6. The smallest absolute Gasteiger partial charge is 0.461 e. The summed E-state index contributed by atoms with van der Waals surface area (Å²) in [5.74, 6) is -2.58. The minimum Gasteiger partial charge on any atom is -0.461 e. The Balaban J connectivity index is 1.77. The molecule has 166 valence electrons. The highest BCUT2D eigenvalue weighted by molar-refractivity contribution is 8.00. The van der Waals surface area contributed by atoms with Crippen LogP contribution in [-0.2, 0) is 30.9 Å². The number of hydrogen-bond donors (Lipinski definition) is 4. The van der Waals surface area contributed by atoms with Crippen LogP contribution < -0.4 is 11.1 Å². The van der Waals surface area contributed by atoms with Gasteiger partial charge in [-0.25, -0.2) is 9.48 Å². The van der Waals surface area contributed by atoms with Gasteiger partial charge in [-0.1, -0.05) is 5.16 Å². The maximum atomic E-state index is 12.6. The van der Waals surface area contributed by atoms with Gasteiger partial charge >= 0.3 is 12.1 Å². The molecule has 2 atom stereocenters. The maximum absolute atomic E-state index is 12.6. The van der Waals surface area contributed by atoms with Gasteiger partial charge in [0.25, 0.3) is 11.8 Å². The molecule has 1 aromatic rings. The number of rotatable bonds is 6. The normalized spacial score (nSPS) is 20.6. The largest absolute Gasteiger partial charge is 0.512 e. The number of carbonyl (C=O) groups is 4. The van der Waals surface area contributed by atoms with E-state index in [-0.39, 0.29) is 35.6 Å². The summed E-state index contributed by atoms with van der Waals surface area (Å²) in [6, 6.07) is -1.07. The van der Waals surface area contributed by atoms with Crippen molar-refractivity contribution in [1.82, 2.24) is 25.0 Å². The standard InChI is InChI=1S/C15H17N7O8S/c1-5(23)29-3-6-4-31-13-8(11(25)22(13)12(6)30-15(26)27)17-10(24)7(20-28)9-18-14(16)21(2)19-9/h8,13,28H,3-4H2,1-2H3,(H,17,24)(H,26,27)(H2,16,18,19)/t8-,13+/m1/s1. The molecule has 0 unspecified atom stereocenters. The fourth-order valence-electron chi connectivity index (χ4n) is 2.80. The number of aryl methyl sites for hydroxylation is 1. The summed E-state index contributed by atoms with van der Waals surface area (Å²) in [5, 5.41) is 26.6. The lowest BCUT2D eigenvalue weighted by atomic mass is 10.1. The van der Waals surface area contributed by atoms with Crippen molar-refractivity contribution in [2.24, 2.45) is 12.2 Å². The fourth-order valence-corrected chi connectivity index (χ4v) is 4.10. The number of β-lactam (4-membered cyclic amide) rings is 1. The third-order valence-electron chi connectivity index (χ3n) is 4.24. The average molecular weight is 455 g/mol. The average Bonchev–Trinajstić information content (AvgIpc) is 3.02. The minimum absolute atomic E-state index is 0.0291. The van der Waals surface area contributed by atoms with Gasteiger partial charge in [0.2, 0.25) is 23.4 Å². The van der Waals surface area contributed by atoms with Crippen molar-refractivity contribution in [3.05, 3.63) is 17.3 Å². The number of thioether (sulfide) groups is 1. The first-order valence-corrected chi connectivity index (χ1v) is 9.59. The van der Waals surface area contributed by atoms with Crippen LogP contribution >= 0.6 is 11.8 Å². The van der Waals surface area contributed by atoms with E-state index < -0.39 is 41.1 Å². The van der Waals surface area contributed by atoms with E-state index in [4.69, 9.17) is 20.3 Å². The van der Waals surface area contributed by atoms with Crippen LogP contribution in [-0.4, -0.2) is 83.4 Å². The number of ether oxygens (including phenoxy) is 2. The molecule has 2 aliphatic heterocycles. The summed E-state index contributed by atoms with van der Waals surface area (Å²) < 4.78 is 10.8. The van der Waals surface area contributed by atoms with Gasteiger partial charge in [-0.2, -0.15) is 4.98 Å². The number of aromatic nitrogens is 3. The molecule has 2 amide bonds. The van der Waals surface area contributed by atoms with E-state index in [1.54, 1.807) is 0 Å².